The highest BCUT2D eigenvalue weighted by Crippen LogP contribution is 2.53. The van der Waals surface area contributed by atoms with Gasteiger partial charge in [0.1, 0.15) is 47.6 Å². The Kier molecular flexibility index (Phi) is 19.6. The van der Waals surface area contributed by atoms with Crippen molar-refractivity contribution in [3.63, 3.8) is 0 Å². The zero-order chi connectivity index (χ0) is 63.6. The number of carbonyl (C=O) groups is 8. The summed E-state index contributed by atoms with van der Waals surface area (Å²) in [5, 5.41) is 54.8. The second kappa shape index (κ2) is 27.2. The molecule has 0 saturated carbocycles. The van der Waals surface area contributed by atoms with E-state index in [2.05, 4.69) is 20.9 Å². The number of anilines is 1. The van der Waals surface area contributed by atoms with Gasteiger partial charge in [0.25, 0.3) is 11.8 Å². The van der Waals surface area contributed by atoms with E-state index >= 15 is 0 Å². The summed E-state index contributed by atoms with van der Waals surface area (Å²) in [6.07, 6.45) is -0.904. The summed E-state index contributed by atoms with van der Waals surface area (Å²) in [5.41, 5.74) is -1.94. The summed E-state index contributed by atoms with van der Waals surface area (Å²) in [7, 11) is 2.94. The normalized spacial score (nSPS) is 25.7. The molecule has 10 atom stereocenters. The lowest BCUT2D eigenvalue weighted by Crippen LogP contribution is -2.55. The minimum absolute atomic E-state index is 0.00892. The van der Waals surface area contributed by atoms with E-state index in [0.717, 1.165) is 4.90 Å². The number of carbonyl (C=O) groups excluding carboxylic acids is 8. The van der Waals surface area contributed by atoms with Gasteiger partial charge in [0, 0.05) is 113 Å². The number of nitrogens with zero attached hydrogens (tertiary/aromatic N) is 4. The fourth-order valence-electron chi connectivity index (χ4n) is 13.0. The number of imide groups is 1. The monoisotopic (exact) mass is 1230 g/mol. The zero-order valence-corrected chi connectivity index (χ0v) is 50.7. The van der Waals surface area contributed by atoms with E-state index < -0.39 is 103 Å². The molecule has 5 aliphatic heterocycles. The Hall–Kier alpha value is -7.69. The smallest absolute Gasteiger partial charge is 0.410 e. The lowest BCUT2D eigenvalue weighted by atomic mass is 9.71. The Morgan fingerprint density at radius 2 is 1.61 bits per heavy atom. The molecule has 26 heteroatoms. The number of hydrogen-bond donors (Lipinski definition) is 7. The first-order chi connectivity index (χ1) is 42.6. The quantitative estimate of drug-likeness (QED) is 0.0357. The van der Waals surface area contributed by atoms with Gasteiger partial charge in [-0.1, -0.05) is 44.5 Å². The molecule has 478 valence electrons. The summed E-state index contributed by atoms with van der Waals surface area (Å²) in [6, 6.07) is 9.15. The van der Waals surface area contributed by atoms with Crippen molar-refractivity contribution in [2.24, 2.45) is 5.92 Å². The molecule has 0 spiro atoms. The SMILES string of the molecule is COc1cccc2c1C(=N)c1c(O)c3c(c(O)c1C2=O)C[C@@](O)(C(=O)CN1CCCN(C(=O)OCc2ccc(NC(=O)[C@H](C)NC(=O)[C@@H](NC(=O)CCCCCN4C(=O)C=CC4=O)C(C)C)cc2)CC1)C[C@@H]3O[C@H]1C[C@H]2[C@H](O[C@@H]3[C@@H](OC)OCCN32)[C@H](C)O1. The molecule has 7 aliphatic rings. The Morgan fingerprint density at radius 1 is 0.854 bits per heavy atom. The summed E-state index contributed by atoms with van der Waals surface area (Å²) in [6.45, 7) is 8.81. The highest BCUT2D eigenvalue weighted by molar-refractivity contribution is 6.32. The van der Waals surface area contributed by atoms with Crippen molar-refractivity contribution in [1.29, 1.82) is 5.41 Å². The first kappa shape index (κ1) is 64.3. The number of nitrogens with one attached hydrogen (secondary N) is 4. The largest absolute Gasteiger partial charge is 0.507 e. The third-order valence-electron chi connectivity index (χ3n) is 17.7. The fraction of sp³-hybridized carbons (Fsp3) is 0.540. The van der Waals surface area contributed by atoms with Crippen LogP contribution in [-0.2, 0) is 70.2 Å². The Labute approximate surface area is 514 Å². The molecule has 89 heavy (non-hydrogen) atoms. The highest BCUT2D eigenvalue weighted by atomic mass is 16.7. The van der Waals surface area contributed by atoms with Crippen LogP contribution in [0.4, 0.5) is 10.5 Å². The van der Waals surface area contributed by atoms with Gasteiger partial charge in [-0.2, -0.15) is 0 Å². The predicted octanol–water partition coefficient (Wildman–Crippen LogP) is 3.32. The van der Waals surface area contributed by atoms with Gasteiger partial charge in [0.2, 0.25) is 17.7 Å². The number of ketones is 2. The van der Waals surface area contributed by atoms with E-state index in [9.17, 15) is 59.1 Å². The number of aromatic hydroxyl groups is 2. The number of ether oxygens (including phenoxy) is 7. The van der Waals surface area contributed by atoms with Crippen LogP contribution in [0.3, 0.4) is 0 Å². The number of morpholine rings is 1. The van der Waals surface area contributed by atoms with Crippen molar-refractivity contribution in [2.75, 3.05) is 72.0 Å². The number of fused-ring (bicyclic) bond motifs is 6. The highest BCUT2D eigenvalue weighted by Gasteiger charge is 2.55. The van der Waals surface area contributed by atoms with Crippen LogP contribution in [0.1, 0.15) is 122 Å². The first-order valence-electron chi connectivity index (χ1n) is 30.3. The molecule has 7 N–H and O–H groups in total. The lowest BCUT2D eigenvalue weighted by Gasteiger charge is -2.43. The van der Waals surface area contributed by atoms with E-state index in [1.807, 2.05) is 11.8 Å². The summed E-state index contributed by atoms with van der Waals surface area (Å²) in [5.74, 6) is -4.62. The molecule has 5 heterocycles. The topological polar surface area (TPSA) is 335 Å². The van der Waals surface area contributed by atoms with Crippen LogP contribution in [0.5, 0.6) is 17.2 Å². The van der Waals surface area contributed by atoms with Crippen molar-refractivity contribution in [2.45, 2.75) is 147 Å². The van der Waals surface area contributed by atoms with Crippen molar-refractivity contribution >= 4 is 58.6 Å². The van der Waals surface area contributed by atoms with Crippen molar-refractivity contribution in [1.82, 2.24) is 30.2 Å². The van der Waals surface area contributed by atoms with Crippen LogP contribution < -0.4 is 20.7 Å². The van der Waals surface area contributed by atoms with Crippen LogP contribution in [0.25, 0.3) is 0 Å². The molecular formula is C63H78N8O18. The molecular weight excluding hydrogens is 1160 g/mol. The predicted molar refractivity (Wildman–Crippen MR) is 316 cm³/mol. The number of aliphatic hydroxyl groups is 1. The van der Waals surface area contributed by atoms with Crippen LogP contribution in [-0.4, -0.2) is 209 Å². The number of phenols is 2. The third kappa shape index (κ3) is 13.5. The minimum atomic E-state index is -2.22. The molecule has 2 aliphatic carbocycles. The van der Waals surface area contributed by atoms with Gasteiger partial charge < -0.3 is 69.3 Å². The average Bonchev–Trinajstić information content (AvgIpc) is 1.42. The van der Waals surface area contributed by atoms with E-state index in [1.54, 1.807) is 57.4 Å². The number of amides is 6. The van der Waals surface area contributed by atoms with Gasteiger partial charge in [-0.05, 0) is 62.8 Å². The van der Waals surface area contributed by atoms with E-state index in [4.69, 9.17) is 33.2 Å². The minimum Gasteiger partial charge on any atom is -0.507 e. The van der Waals surface area contributed by atoms with Gasteiger partial charge >= 0.3 is 6.09 Å². The van der Waals surface area contributed by atoms with Crippen molar-refractivity contribution in [3.05, 3.63) is 93.6 Å². The molecule has 3 aromatic carbocycles. The fourth-order valence-corrected chi connectivity index (χ4v) is 13.0. The zero-order valence-electron chi connectivity index (χ0n) is 50.7. The molecule has 6 amide bonds. The van der Waals surface area contributed by atoms with Crippen LogP contribution >= 0.6 is 0 Å². The molecule has 10 rings (SSSR count). The number of benzene rings is 3. The second-order valence-electron chi connectivity index (χ2n) is 24.0. The summed E-state index contributed by atoms with van der Waals surface area (Å²) >= 11 is 0. The Bertz CT molecular complexity index is 3280. The number of methoxy groups -OCH3 is 2. The molecule has 4 saturated heterocycles. The average molecular weight is 1240 g/mol. The molecule has 0 radical (unpaired) electrons. The summed E-state index contributed by atoms with van der Waals surface area (Å²) in [4.78, 5) is 112. The number of Topliss-reactive ketones (excluding diaryl/α,β-unsaturated/α-hetero) is 1. The molecule has 3 aromatic rings. The maximum atomic E-state index is 14.7. The van der Waals surface area contributed by atoms with Gasteiger partial charge in [-0.15, -0.1) is 0 Å². The second-order valence-corrected chi connectivity index (χ2v) is 24.0. The maximum Gasteiger partial charge on any atom is 0.410 e. The van der Waals surface area contributed by atoms with Crippen LogP contribution in [0.15, 0.2) is 54.6 Å². The van der Waals surface area contributed by atoms with Gasteiger partial charge in [0.05, 0.1) is 54.9 Å². The van der Waals surface area contributed by atoms with E-state index in [-0.39, 0.29) is 126 Å². The van der Waals surface area contributed by atoms with Crippen LogP contribution in [0.2, 0.25) is 0 Å². The van der Waals surface area contributed by atoms with Crippen LogP contribution in [0, 0.1) is 11.3 Å². The number of hydrogen-bond acceptors (Lipinski definition) is 21. The van der Waals surface area contributed by atoms with Gasteiger partial charge in [-0.3, -0.25) is 53.7 Å². The van der Waals surface area contributed by atoms with Gasteiger partial charge in [0.15, 0.2) is 30.4 Å². The molecule has 0 aromatic heterocycles. The molecule has 26 nitrogen and oxygen atoms in total. The number of unbranched alkanes of at least 4 members (excludes halogenated alkanes) is 2. The Morgan fingerprint density at radius 3 is 2.33 bits per heavy atom. The van der Waals surface area contributed by atoms with Crippen molar-refractivity contribution < 1.29 is 86.8 Å². The standard InChI is InChI=1S/C63H78N8O18/c1-33(2)53(67-44(73)14-8-7-9-23-71-45(74)19-20-46(71)75)59(80)65-34(3)58(79)66-37-17-15-36(16-18-37)32-86-62(81)69-22-11-21-68(24-25-69)31-43(72)63(82)29-39-49(56(78)50-51(55(39)77)54(76)38-12-10-13-41(83-5)48(38)52(50)64)42(30-63)88-47-28-40-57(35(4)87-47)89-60-61(84-6)85-27-26-70(40)60/h10,12-13,15-20,33-35,40,42,47,53,57,60-61,64,77-78,82H,7-9,11,14,21-32H2,1-6H3,(H,65,80)(H,66,79)(H,67,73)/t34-,35-,40-,42-,47-,53-,57+,60+,61-,63-/m0/s1. The van der Waals surface area contributed by atoms with Crippen molar-refractivity contribution in [3.8, 4) is 17.2 Å². The lowest BCUT2D eigenvalue weighted by molar-refractivity contribution is -0.256. The van der Waals surface area contributed by atoms with E-state index in [0.29, 0.717) is 63.2 Å². The number of phenolic OH excluding ortho intramolecular Hbond substituents is 2. The third-order valence-corrected chi connectivity index (χ3v) is 17.7. The maximum absolute atomic E-state index is 14.7. The summed E-state index contributed by atoms with van der Waals surface area (Å²) < 4.78 is 42.2. The molecule has 0 unspecified atom stereocenters. The number of rotatable bonds is 21. The molecule has 0 bridgehead atoms. The van der Waals surface area contributed by atoms with Gasteiger partial charge in [-0.25, -0.2) is 4.79 Å². The Balaban J connectivity index is 0.734. The molecule has 4 fully saturated rings. The van der Waals surface area contributed by atoms with E-state index in [1.165, 1.54) is 37.2 Å². The first-order valence-corrected chi connectivity index (χ1v) is 30.3.